The number of aliphatic carboxylic acids is 1. The van der Waals surface area contributed by atoms with Crippen LogP contribution in [0.3, 0.4) is 0 Å². The lowest BCUT2D eigenvalue weighted by atomic mass is 9.87. The van der Waals surface area contributed by atoms with Crippen LogP contribution in [-0.4, -0.2) is 47.1 Å². The predicted octanol–water partition coefficient (Wildman–Crippen LogP) is -1.00. The van der Waals surface area contributed by atoms with Gasteiger partial charge >= 0.3 is 11.9 Å². The standard InChI is InChI=1S/C8H14O6/c1-2-8(4-9,5-10)7(13)14-3-6(11)12/h9-10H,2-5H2,1H3,(H,11,12). The molecule has 0 aromatic carbocycles. The van der Waals surface area contributed by atoms with Gasteiger partial charge in [0.05, 0.1) is 13.2 Å². The molecule has 82 valence electrons. The fraction of sp³-hybridized carbons (Fsp3) is 0.750. The Morgan fingerprint density at radius 1 is 1.29 bits per heavy atom. The molecule has 6 heteroatoms. The highest BCUT2D eigenvalue weighted by atomic mass is 16.6. The van der Waals surface area contributed by atoms with E-state index in [4.69, 9.17) is 15.3 Å². The van der Waals surface area contributed by atoms with E-state index in [1.165, 1.54) is 0 Å². The number of carboxylic acids is 1. The number of carboxylic acid groups (broad SMARTS) is 1. The summed E-state index contributed by atoms with van der Waals surface area (Å²) < 4.78 is 4.38. The smallest absolute Gasteiger partial charge is 0.341 e. The van der Waals surface area contributed by atoms with Gasteiger partial charge in [0, 0.05) is 0 Å². The van der Waals surface area contributed by atoms with Crippen LogP contribution in [0.4, 0.5) is 0 Å². The Morgan fingerprint density at radius 3 is 2.07 bits per heavy atom. The van der Waals surface area contributed by atoms with Crippen LogP contribution in [0.2, 0.25) is 0 Å². The number of hydrogen-bond donors (Lipinski definition) is 3. The number of aliphatic hydroxyl groups excluding tert-OH is 2. The molecule has 0 aromatic heterocycles. The van der Waals surface area contributed by atoms with Gasteiger partial charge in [-0.25, -0.2) is 4.79 Å². The average molecular weight is 206 g/mol. The Kier molecular flexibility index (Phi) is 5.11. The number of ether oxygens (including phenoxy) is 1. The minimum absolute atomic E-state index is 0.179. The second kappa shape index (κ2) is 5.56. The molecule has 0 atom stereocenters. The molecular weight excluding hydrogens is 192 g/mol. The fourth-order valence-electron chi connectivity index (χ4n) is 0.827. The molecule has 0 unspecified atom stereocenters. The molecule has 0 rings (SSSR count). The Bertz CT molecular complexity index is 200. The van der Waals surface area contributed by atoms with Crippen molar-refractivity contribution in [1.82, 2.24) is 0 Å². The number of aliphatic hydroxyl groups is 2. The highest BCUT2D eigenvalue weighted by Gasteiger charge is 2.37. The molecular formula is C8H14O6. The van der Waals surface area contributed by atoms with E-state index in [0.29, 0.717) is 0 Å². The third-order valence-corrected chi connectivity index (χ3v) is 2.04. The van der Waals surface area contributed by atoms with Crippen LogP contribution in [0.25, 0.3) is 0 Å². The van der Waals surface area contributed by atoms with E-state index in [2.05, 4.69) is 4.74 Å². The van der Waals surface area contributed by atoms with Crippen molar-refractivity contribution in [3.05, 3.63) is 0 Å². The van der Waals surface area contributed by atoms with Gasteiger partial charge in [0.15, 0.2) is 6.61 Å². The average Bonchev–Trinajstić information content (AvgIpc) is 2.18. The number of carbonyl (C=O) groups is 2. The molecule has 0 aliphatic carbocycles. The number of rotatable bonds is 6. The summed E-state index contributed by atoms with van der Waals surface area (Å²) in [5.74, 6) is -2.17. The SMILES string of the molecule is CCC(CO)(CO)C(=O)OCC(=O)O. The maximum Gasteiger partial charge on any atom is 0.341 e. The van der Waals surface area contributed by atoms with Crippen molar-refractivity contribution in [3.63, 3.8) is 0 Å². The predicted molar refractivity (Wildman–Crippen MR) is 45.5 cm³/mol. The zero-order chi connectivity index (χ0) is 11.2. The van der Waals surface area contributed by atoms with Crippen molar-refractivity contribution >= 4 is 11.9 Å². The maximum atomic E-state index is 11.3. The molecule has 0 bridgehead atoms. The van der Waals surface area contributed by atoms with Gasteiger partial charge in [-0.2, -0.15) is 0 Å². The van der Waals surface area contributed by atoms with E-state index >= 15 is 0 Å². The largest absolute Gasteiger partial charge is 0.479 e. The van der Waals surface area contributed by atoms with Gasteiger partial charge in [0.25, 0.3) is 0 Å². The summed E-state index contributed by atoms with van der Waals surface area (Å²) in [5, 5.41) is 26.1. The molecule has 0 radical (unpaired) electrons. The first-order valence-corrected chi connectivity index (χ1v) is 4.13. The number of hydrogen-bond acceptors (Lipinski definition) is 5. The molecule has 0 saturated carbocycles. The van der Waals surface area contributed by atoms with Crippen LogP contribution in [0.1, 0.15) is 13.3 Å². The Morgan fingerprint density at radius 2 is 1.79 bits per heavy atom. The first kappa shape index (κ1) is 12.9. The monoisotopic (exact) mass is 206 g/mol. The fourth-order valence-corrected chi connectivity index (χ4v) is 0.827. The molecule has 3 N–H and O–H groups in total. The molecule has 6 nitrogen and oxygen atoms in total. The summed E-state index contributed by atoms with van der Waals surface area (Å²) in [6.45, 7) is -0.314. The lowest BCUT2D eigenvalue weighted by molar-refractivity contribution is -0.168. The summed E-state index contributed by atoms with van der Waals surface area (Å²) in [6, 6.07) is 0. The summed E-state index contributed by atoms with van der Waals surface area (Å²) in [6.07, 6.45) is 0.179. The first-order valence-electron chi connectivity index (χ1n) is 4.13. The first-order chi connectivity index (χ1) is 6.52. The van der Waals surface area contributed by atoms with Gasteiger partial charge in [-0.1, -0.05) is 6.92 Å². The minimum Gasteiger partial charge on any atom is -0.479 e. The second-order valence-electron chi connectivity index (χ2n) is 2.92. The van der Waals surface area contributed by atoms with Crippen LogP contribution in [0.5, 0.6) is 0 Å². The van der Waals surface area contributed by atoms with E-state index in [0.717, 1.165) is 0 Å². The lowest BCUT2D eigenvalue weighted by Gasteiger charge is -2.25. The molecule has 0 heterocycles. The van der Waals surface area contributed by atoms with Gasteiger partial charge in [-0.3, -0.25) is 4.79 Å². The van der Waals surface area contributed by atoms with Crippen LogP contribution < -0.4 is 0 Å². The number of esters is 1. The Labute approximate surface area is 81.1 Å². The second-order valence-corrected chi connectivity index (χ2v) is 2.92. The zero-order valence-corrected chi connectivity index (χ0v) is 7.89. The molecule has 14 heavy (non-hydrogen) atoms. The van der Waals surface area contributed by atoms with Gasteiger partial charge in [-0.15, -0.1) is 0 Å². The van der Waals surface area contributed by atoms with Crippen molar-refractivity contribution in [2.75, 3.05) is 19.8 Å². The summed E-state index contributed by atoms with van der Waals surface area (Å²) in [7, 11) is 0. The van der Waals surface area contributed by atoms with E-state index < -0.39 is 37.2 Å². The van der Waals surface area contributed by atoms with Gasteiger partial charge in [-0.05, 0) is 6.42 Å². The van der Waals surface area contributed by atoms with Crippen molar-refractivity contribution in [1.29, 1.82) is 0 Å². The molecule has 0 aliphatic heterocycles. The molecule has 0 saturated heterocycles. The number of carbonyl (C=O) groups excluding carboxylic acids is 1. The van der Waals surface area contributed by atoms with E-state index in [-0.39, 0.29) is 6.42 Å². The Hall–Kier alpha value is -1.14. The van der Waals surface area contributed by atoms with E-state index in [1.807, 2.05) is 0 Å². The highest BCUT2D eigenvalue weighted by molar-refractivity contribution is 5.80. The zero-order valence-electron chi connectivity index (χ0n) is 7.89. The topological polar surface area (TPSA) is 104 Å². The normalized spacial score (nSPS) is 11.1. The van der Waals surface area contributed by atoms with Crippen LogP contribution in [-0.2, 0) is 14.3 Å². The van der Waals surface area contributed by atoms with Crippen LogP contribution in [0.15, 0.2) is 0 Å². The molecule has 0 fully saturated rings. The van der Waals surface area contributed by atoms with Crippen molar-refractivity contribution in [3.8, 4) is 0 Å². The summed E-state index contributed by atoms with van der Waals surface area (Å²) >= 11 is 0. The quantitative estimate of drug-likeness (QED) is 0.481. The van der Waals surface area contributed by atoms with Crippen LogP contribution in [0, 0.1) is 5.41 Å². The lowest BCUT2D eigenvalue weighted by Crippen LogP contribution is -2.40. The summed E-state index contributed by atoms with van der Waals surface area (Å²) in [4.78, 5) is 21.4. The van der Waals surface area contributed by atoms with Crippen molar-refractivity contribution < 1.29 is 29.6 Å². The Balaban J connectivity index is 4.36. The minimum atomic E-state index is -1.39. The van der Waals surface area contributed by atoms with E-state index in [1.54, 1.807) is 6.92 Å². The van der Waals surface area contributed by atoms with Gasteiger partial charge in [0.1, 0.15) is 5.41 Å². The van der Waals surface area contributed by atoms with Crippen molar-refractivity contribution in [2.24, 2.45) is 5.41 Å². The third kappa shape index (κ3) is 2.97. The third-order valence-electron chi connectivity index (χ3n) is 2.04. The molecule has 0 aliphatic rings. The van der Waals surface area contributed by atoms with Gasteiger partial charge in [0.2, 0.25) is 0 Å². The van der Waals surface area contributed by atoms with E-state index in [9.17, 15) is 9.59 Å². The molecule has 0 aromatic rings. The molecule has 0 spiro atoms. The van der Waals surface area contributed by atoms with Crippen LogP contribution >= 0.6 is 0 Å². The highest BCUT2D eigenvalue weighted by Crippen LogP contribution is 2.22. The van der Waals surface area contributed by atoms with Gasteiger partial charge < -0.3 is 20.1 Å². The maximum absolute atomic E-state index is 11.3. The summed E-state index contributed by atoms with van der Waals surface area (Å²) in [5.41, 5.74) is -1.39. The molecule has 0 amide bonds. The van der Waals surface area contributed by atoms with Crippen molar-refractivity contribution in [2.45, 2.75) is 13.3 Å².